The molecule has 0 rings (SSSR count). The highest BCUT2D eigenvalue weighted by Gasteiger charge is 2.07. The summed E-state index contributed by atoms with van der Waals surface area (Å²) in [6.07, 6.45) is 6.99. The molecule has 0 aromatic carbocycles. The maximum absolute atomic E-state index is 11.4. The molecule has 0 radical (unpaired) electrons. The van der Waals surface area contributed by atoms with E-state index in [0.29, 0.717) is 4.91 Å². The second-order valence-electron chi connectivity index (χ2n) is 3.14. The van der Waals surface area contributed by atoms with Crippen molar-refractivity contribution in [1.82, 2.24) is 10.8 Å². The first kappa shape index (κ1) is 15.7. The molecule has 94 valence electrons. The van der Waals surface area contributed by atoms with Gasteiger partial charge in [0.05, 0.1) is 4.91 Å². The predicted octanol–water partition coefficient (Wildman–Crippen LogP) is 1.97. The number of nitrogens with one attached hydrogen (secondary N) is 2. The Labute approximate surface area is 106 Å². The summed E-state index contributed by atoms with van der Waals surface area (Å²) in [6, 6.07) is 0. The predicted molar refractivity (Wildman–Crippen MR) is 72.6 cm³/mol. The van der Waals surface area contributed by atoms with Crippen LogP contribution in [-0.4, -0.2) is 24.7 Å². The topological polar surface area (TPSA) is 61.4 Å². The summed E-state index contributed by atoms with van der Waals surface area (Å²) in [5.41, 5.74) is 2.56. The number of hydroxylamine groups is 1. The first-order valence-corrected chi connectivity index (χ1v) is 5.95. The molecule has 3 N–H and O–H groups in total. The van der Waals surface area contributed by atoms with Crippen molar-refractivity contribution < 1.29 is 10.0 Å². The number of carbonyl (C=O) groups is 1. The Morgan fingerprint density at radius 1 is 1.53 bits per heavy atom. The Morgan fingerprint density at radius 2 is 2.24 bits per heavy atom. The van der Waals surface area contributed by atoms with Crippen LogP contribution >= 0.6 is 11.8 Å². The molecule has 0 unspecified atom stereocenters. The normalized spacial score (nSPS) is 12.9. The van der Waals surface area contributed by atoms with Crippen molar-refractivity contribution in [1.29, 1.82) is 0 Å². The van der Waals surface area contributed by atoms with Gasteiger partial charge in [0.1, 0.15) is 0 Å². The number of rotatable bonds is 7. The molecular formula is C12H18N2O2S. The number of allylic oxidation sites excluding steroid dienone is 4. The van der Waals surface area contributed by atoms with Crippen molar-refractivity contribution in [3.8, 4) is 0 Å². The molecule has 0 bridgehead atoms. The summed E-state index contributed by atoms with van der Waals surface area (Å²) in [6.45, 7) is 6.15. The fourth-order valence-corrected chi connectivity index (χ4v) is 1.65. The third-order valence-electron chi connectivity index (χ3n) is 1.72. The summed E-state index contributed by atoms with van der Waals surface area (Å²) in [7, 11) is 1.84. The van der Waals surface area contributed by atoms with E-state index in [1.165, 1.54) is 11.8 Å². The third kappa shape index (κ3) is 7.57. The molecule has 0 saturated carbocycles. The van der Waals surface area contributed by atoms with E-state index in [9.17, 15) is 4.79 Å². The van der Waals surface area contributed by atoms with Gasteiger partial charge in [-0.3, -0.25) is 10.0 Å². The molecule has 0 aromatic heterocycles. The number of thioether (sulfide) groups is 1. The lowest BCUT2D eigenvalue weighted by Crippen LogP contribution is -2.19. The summed E-state index contributed by atoms with van der Waals surface area (Å²) in [5, 5.41) is 13.3. The monoisotopic (exact) mass is 254 g/mol. The molecule has 0 saturated heterocycles. The molecule has 0 aliphatic heterocycles. The molecule has 0 aliphatic rings. The van der Waals surface area contributed by atoms with Crippen LogP contribution in [0.3, 0.4) is 0 Å². The van der Waals surface area contributed by atoms with Crippen LogP contribution in [0.2, 0.25) is 0 Å². The Morgan fingerprint density at radius 3 is 2.76 bits per heavy atom. The molecule has 0 fully saturated rings. The first-order chi connectivity index (χ1) is 8.15. The van der Waals surface area contributed by atoms with Gasteiger partial charge in [0.25, 0.3) is 5.91 Å². The molecule has 0 aliphatic carbocycles. The lowest BCUT2D eigenvalue weighted by molar-refractivity contribution is -0.124. The Bertz CT molecular complexity index is 346. The van der Waals surface area contributed by atoms with Crippen LogP contribution in [0.25, 0.3) is 0 Å². The van der Waals surface area contributed by atoms with E-state index in [1.807, 2.05) is 20.0 Å². The highest BCUT2D eigenvalue weighted by Crippen LogP contribution is 2.19. The van der Waals surface area contributed by atoms with Gasteiger partial charge < -0.3 is 5.32 Å². The smallest absolute Gasteiger partial charge is 0.281 e. The Hall–Kier alpha value is -1.30. The Balaban J connectivity index is 4.77. The average Bonchev–Trinajstić information content (AvgIpc) is 2.34. The standard InChI is InChI=1S/C12H18N2O2S/c1-4-5-8-17-11(12(15)14-16)9-10(2)6-7-13-3/h4-6,8-9,13,16H,1,7H2,2-3H3,(H,14,15)/b8-5+,10-6+,11-9-. The summed E-state index contributed by atoms with van der Waals surface area (Å²) in [5.74, 6) is -0.527. The molecule has 0 aromatic rings. The second-order valence-corrected chi connectivity index (χ2v) is 4.09. The minimum atomic E-state index is -0.527. The number of hydrogen-bond donors (Lipinski definition) is 3. The van der Waals surface area contributed by atoms with Crippen molar-refractivity contribution in [3.63, 3.8) is 0 Å². The zero-order chi connectivity index (χ0) is 13.1. The quantitative estimate of drug-likeness (QED) is 0.281. The maximum Gasteiger partial charge on any atom is 0.281 e. The largest absolute Gasteiger partial charge is 0.316 e. The second kappa shape index (κ2) is 9.89. The van der Waals surface area contributed by atoms with Crippen molar-refractivity contribution in [2.75, 3.05) is 13.6 Å². The fraction of sp³-hybridized carbons (Fsp3) is 0.250. The van der Waals surface area contributed by atoms with E-state index in [2.05, 4.69) is 11.9 Å². The highest BCUT2D eigenvalue weighted by molar-refractivity contribution is 8.06. The van der Waals surface area contributed by atoms with Crippen LogP contribution in [0.15, 0.2) is 46.8 Å². The van der Waals surface area contributed by atoms with Gasteiger partial charge in [-0.15, -0.1) is 0 Å². The van der Waals surface area contributed by atoms with Crippen LogP contribution in [0.1, 0.15) is 6.92 Å². The van der Waals surface area contributed by atoms with Crippen molar-refractivity contribution in [2.45, 2.75) is 6.92 Å². The SMILES string of the molecule is C=C/C=C/S/C(=C\C(C)=C\CNC)C(=O)NO. The first-order valence-electron chi connectivity index (χ1n) is 5.07. The van der Waals surface area contributed by atoms with Crippen LogP contribution < -0.4 is 10.8 Å². The van der Waals surface area contributed by atoms with E-state index in [1.54, 1.807) is 29.1 Å². The Kier molecular flexibility index (Phi) is 9.14. The van der Waals surface area contributed by atoms with Gasteiger partial charge in [0.2, 0.25) is 0 Å². The van der Waals surface area contributed by atoms with Gasteiger partial charge in [0.15, 0.2) is 0 Å². The zero-order valence-electron chi connectivity index (χ0n) is 10.1. The van der Waals surface area contributed by atoms with Crippen molar-refractivity contribution >= 4 is 17.7 Å². The maximum atomic E-state index is 11.4. The van der Waals surface area contributed by atoms with Crippen LogP contribution in [-0.2, 0) is 4.79 Å². The van der Waals surface area contributed by atoms with Gasteiger partial charge in [0, 0.05) is 6.54 Å². The lowest BCUT2D eigenvalue weighted by atomic mass is 10.2. The highest BCUT2D eigenvalue weighted by atomic mass is 32.2. The van der Waals surface area contributed by atoms with Crippen LogP contribution in [0.4, 0.5) is 0 Å². The minimum Gasteiger partial charge on any atom is -0.316 e. The molecule has 1 amide bonds. The average molecular weight is 254 g/mol. The van der Waals surface area contributed by atoms with Gasteiger partial charge in [-0.2, -0.15) is 0 Å². The summed E-state index contributed by atoms with van der Waals surface area (Å²) in [4.78, 5) is 11.8. The van der Waals surface area contributed by atoms with E-state index in [4.69, 9.17) is 5.21 Å². The lowest BCUT2D eigenvalue weighted by Gasteiger charge is -2.02. The van der Waals surface area contributed by atoms with Gasteiger partial charge in [-0.25, -0.2) is 5.48 Å². The van der Waals surface area contributed by atoms with Gasteiger partial charge in [-0.1, -0.05) is 42.1 Å². The van der Waals surface area contributed by atoms with Crippen LogP contribution in [0, 0.1) is 0 Å². The molecule has 0 heterocycles. The van der Waals surface area contributed by atoms with E-state index in [-0.39, 0.29) is 0 Å². The number of carbonyl (C=O) groups excluding carboxylic acids is 1. The molecule has 4 nitrogen and oxygen atoms in total. The third-order valence-corrected chi connectivity index (χ3v) is 2.57. The van der Waals surface area contributed by atoms with Gasteiger partial charge in [-0.05, 0) is 25.5 Å². The van der Waals surface area contributed by atoms with E-state index >= 15 is 0 Å². The van der Waals surface area contributed by atoms with Crippen LogP contribution in [0.5, 0.6) is 0 Å². The molecular weight excluding hydrogens is 236 g/mol. The van der Waals surface area contributed by atoms with Gasteiger partial charge >= 0.3 is 0 Å². The van der Waals surface area contributed by atoms with Crippen molar-refractivity contribution in [2.24, 2.45) is 0 Å². The minimum absolute atomic E-state index is 0.412. The molecule has 5 heteroatoms. The summed E-state index contributed by atoms with van der Waals surface area (Å²) < 4.78 is 0. The number of amides is 1. The molecule has 0 atom stereocenters. The zero-order valence-corrected chi connectivity index (χ0v) is 10.9. The van der Waals surface area contributed by atoms with E-state index < -0.39 is 5.91 Å². The summed E-state index contributed by atoms with van der Waals surface area (Å²) >= 11 is 1.22. The molecule has 17 heavy (non-hydrogen) atoms. The number of hydrogen-bond acceptors (Lipinski definition) is 4. The number of likely N-dealkylation sites (N-methyl/N-ethyl adjacent to an activating group) is 1. The van der Waals surface area contributed by atoms with Crippen molar-refractivity contribution in [3.05, 3.63) is 46.8 Å². The fourth-order valence-electron chi connectivity index (χ4n) is 0.905. The molecule has 0 spiro atoms. The van der Waals surface area contributed by atoms with E-state index in [0.717, 1.165) is 12.1 Å².